The molecule has 2 fully saturated rings. The number of alkyl halides is 1. The average Bonchev–Trinajstić information content (AvgIpc) is 3.23. The summed E-state index contributed by atoms with van der Waals surface area (Å²) in [6.07, 6.45) is 1.27. The summed E-state index contributed by atoms with van der Waals surface area (Å²) in [4.78, 5) is 58.7. The molecule has 3 aliphatic heterocycles. The van der Waals surface area contributed by atoms with E-state index in [1.165, 1.54) is 21.6 Å². The molecule has 41 heavy (non-hydrogen) atoms. The van der Waals surface area contributed by atoms with Crippen LogP contribution in [0.25, 0.3) is 0 Å². The van der Waals surface area contributed by atoms with E-state index in [0.717, 1.165) is 0 Å². The number of carbonyl (C=O) groups is 3. The number of aromatic nitrogens is 2. The molecule has 1 aliphatic carbocycles. The lowest BCUT2D eigenvalue weighted by atomic mass is 9.76. The van der Waals surface area contributed by atoms with E-state index in [4.69, 9.17) is 10.8 Å². The molecule has 1 saturated heterocycles. The number of ketones is 1. The van der Waals surface area contributed by atoms with Gasteiger partial charge in [0.2, 0.25) is 11.5 Å². The maximum Gasteiger partial charge on any atom is 0.296 e. The number of likely N-dealkylation sites (tertiary alicyclic amines) is 1. The molecule has 2 amide bonds. The molecule has 0 spiro atoms. The van der Waals surface area contributed by atoms with Gasteiger partial charge in [-0.3, -0.25) is 28.6 Å². The highest BCUT2D eigenvalue weighted by Crippen LogP contribution is 2.47. The number of carbonyl (C=O) groups excluding carboxylic acids is 3. The number of aromatic hydroxyl groups is 1. The van der Waals surface area contributed by atoms with E-state index in [2.05, 4.69) is 4.98 Å². The largest absolute Gasteiger partial charge is 0.501 e. The van der Waals surface area contributed by atoms with Gasteiger partial charge < -0.3 is 20.8 Å². The van der Waals surface area contributed by atoms with Gasteiger partial charge in [0, 0.05) is 26.2 Å². The van der Waals surface area contributed by atoms with Crippen LogP contribution < -0.4 is 11.3 Å². The molecule has 6 rings (SSSR count). The van der Waals surface area contributed by atoms with Gasteiger partial charge in [0.1, 0.15) is 17.8 Å². The first kappa shape index (κ1) is 30.3. The second kappa shape index (κ2) is 12.4. The van der Waals surface area contributed by atoms with Gasteiger partial charge in [-0.2, -0.15) is 0 Å². The summed E-state index contributed by atoms with van der Waals surface area (Å²) in [5.74, 6) is -3.56. The summed E-state index contributed by atoms with van der Waals surface area (Å²) in [5, 5.41) is 17.9. The lowest BCUT2D eigenvalue weighted by molar-refractivity contribution is -0.146. The Labute approximate surface area is 235 Å². The number of aliphatic hydroxyl groups is 1. The van der Waals surface area contributed by atoms with Gasteiger partial charge in [-0.15, -0.1) is 0 Å². The number of nitrogens with two attached hydrogens (primary N) is 1. The molecule has 1 atom stereocenters. The topological polar surface area (TPSA) is 159 Å². The van der Waals surface area contributed by atoms with Gasteiger partial charge in [-0.1, -0.05) is 12.1 Å². The first-order chi connectivity index (χ1) is 19.5. The molecule has 2 bridgehead atoms. The van der Waals surface area contributed by atoms with Crippen LogP contribution in [0.15, 0.2) is 29.1 Å². The van der Waals surface area contributed by atoms with Crippen molar-refractivity contribution in [2.75, 3.05) is 26.2 Å². The number of fused-ring (bicyclic) bond motifs is 2. The third-order valence-electron chi connectivity index (χ3n) is 8.05. The van der Waals surface area contributed by atoms with Crippen molar-refractivity contribution in [3.05, 3.63) is 57.5 Å². The number of amides is 2. The van der Waals surface area contributed by atoms with Crippen LogP contribution in [-0.2, 0) is 28.2 Å². The zero-order valence-electron chi connectivity index (χ0n) is 22.9. The molecule has 4 N–H and O–H groups in total. The fourth-order valence-electron chi connectivity index (χ4n) is 6.01. The third-order valence-corrected chi connectivity index (χ3v) is 8.05. The highest BCUT2D eigenvalue weighted by atomic mass is 19.1. The number of halogens is 2. The molecule has 1 aromatic carbocycles. The quantitative estimate of drug-likeness (QED) is 0.416. The summed E-state index contributed by atoms with van der Waals surface area (Å²) in [7, 11) is 0. The van der Waals surface area contributed by atoms with Crippen molar-refractivity contribution in [3.63, 3.8) is 0 Å². The van der Waals surface area contributed by atoms with Gasteiger partial charge in [0.05, 0.1) is 18.6 Å². The Morgan fingerprint density at radius 1 is 1.15 bits per heavy atom. The van der Waals surface area contributed by atoms with Crippen molar-refractivity contribution < 1.29 is 33.4 Å². The Balaban J connectivity index is 0.00000124. The second-order valence-corrected chi connectivity index (χ2v) is 10.7. The van der Waals surface area contributed by atoms with Crippen molar-refractivity contribution in [2.45, 2.75) is 63.8 Å². The van der Waals surface area contributed by atoms with E-state index in [9.17, 15) is 33.1 Å². The highest BCUT2D eigenvalue weighted by Gasteiger charge is 2.49. The van der Waals surface area contributed by atoms with E-state index in [1.54, 1.807) is 24.0 Å². The predicted molar refractivity (Wildman–Crippen MR) is 143 cm³/mol. The number of hydrogen-bond acceptors (Lipinski definition) is 8. The van der Waals surface area contributed by atoms with Gasteiger partial charge in [-0.05, 0) is 62.6 Å². The lowest BCUT2D eigenvalue weighted by Crippen LogP contribution is -2.53. The molecule has 4 aliphatic rings. The van der Waals surface area contributed by atoms with Gasteiger partial charge in [0.25, 0.3) is 17.4 Å². The lowest BCUT2D eigenvalue weighted by Gasteiger charge is -2.45. The van der Waals surface area contributed by atoms with Crippen LogP contribution in [0.1, 0.15) is 60.9 Å². The minimum absolute atomic E-state index is 0.109. The Morgan fingerprint density at radius 2 is 1.78 bits per heavy atom. The fraction of sp³-hybridized carbons (Fsp3) is 0.536. The summed E-state index contributed by atoms with van der Waals surface area (Å²) < 4.78 is 28.7. The number of benzene rings is 1. The van der Waals surface area contributed by atoms with Crippen LogP contribution in [0.2, 0.25) is 0 Å². The van der Waals surface area contributed by atoms with Crippen LogP contribution in [0.4, 0.5) is 8.78 Å². The molecule has 0 unspecified atom stereocenters. The smallest absolute Gasteiger partial charge is 0.296 e. The van der Waals surface area contributed by atoms with Crippen molar-refractivity contribution in [2.24, 2.45) is 11.7 Å². The Morgan fingerprint density at radius 3 is 2.34 bits per heavy atom. The first-order valence-corrected chi connectivity index (χ1v) is 13.7. The van der Waals surface area contributed by atoms with Crippen molar-refractivity contribution >= 4 is 17.6 Å². The van der Waals surface area contributed by atoms with Gasteiger partial charge in [0.15, 0.2) is 5.69 Å². The van der Waals surface area contributed by atoms with Crippen LogP contribution in [0.3, 0.4) is 0 Å². The molecule has 1 aromatic heterocycles. The molecule has 11 nitrogen and oxygen atoms in total. The Kier molecular flexibility index (Phi) is 9.17. The molecule has 4 heterocycles. The Bertz CT molecular complexity index is 1360. The summed E-state index contributed by atoms with van der Waals surface area (Å²) in [6.45, 7) is 1.96. The molecule has 13 heteroatoms. The standard InChI is InChI=1S/C26H29F2N5O5.C2H6O/c27-17-3-1-15(2-4-17)11-32(14-19(34)23(37)31-10-7-18(28)13-31)26-8-5-16(6-9-26)12-33-24(38)21(35)20(22(29)36)30-25(26)33;1-2-3/h1-4,16,18,35H,5-14H2,(H2,29,36);3H,2H2,1H3/t16?,18-,26?;/m1./s1. The van der Waals surface area contributed by atoms with Crippen LogP contribution in [0, 0.1) is 11.7 Å². The van der Waals surface area contributed by atoms with E-state index in [1.807, 2.05) is 0 Å². The van der Waals surface area contributed by atoms with Gasteiger partial charge >= 0.3 is 0 Å². The number of Topliss-reactive ketones (excluding diaryl/α,β-unsaturated/α-hetero) is 1. The van der Waals surface area contributed by atoms with Crippen LogP contribution >= 0.6 is 0 Å². The molecule has 0 radical (unpaired) electrons. The monoisotopic (exact) mass is 575 g/mol. The van der Waals surface area contributed by atoms with Crippen molar-refractivity contribution in [1.29, 1.82) is 0 Å². The molecular weight excluding hydrogens is 540 g/mol. The number of nitrogens with zero attached hydrogens (tertiary/aromatic N) is 4. The summed E-state index contributed by atoms with van der Waals surface area (Å²) in [6, 6.07) is 5.70. The fourth-order valence-corrected chi connectivity index (χ4v) is 6.01. The van der Waals surface area contributed by atoms with E-state index in [-0.39, 0.29) is 57.5 Å². The molecule has 2 aromatic rings. The van der Waals surface area contributed by atoms with E-state index >= 15 is 0 Å². The molecule has 1 saturated carbocycles. The maximum absolute atomic E-state index is 13.7. The molecular formula is C28H35F2N5O6. The van der Waals surface area contributed by atoms with E-state index in [0.29, 0.717) is 31.2 Å². The number of aliphatic hydroxyl groups excluding tert-OH is 1. The zero-order valence-corrected chi connectivity index (χ0v) is 22.9. The molecule has 222 valence electrons. The van der Waals surface area contributed by atoms with Crippen LogP contribution in [0.5, 0.6) is 5.75 Å². The first-order valence-electron chi connectivity index (χ1n) is 13.7. The Hall–Kier alpha value is -3.71. The number of hydrogen-bond donors (Lipinski definition) is 3. The normalized spacial score (nSPS) is 23.0. The SMILES string of the molecule is CCO.NC(=O)c1nc2n(c(=O)c1O)CC1CCC2(N(CC(=O)C(=O)N2CC[C@@H](F)C2)Cc2ccc(F)cc2)CC1. The third kappa shape index (κ3) is 6.15. The minimum atomic E-state index is -1.18. The summed E-state index contributed by atoms with van der Waals surface area (Å²) in [5.41, 5.74) is 3.67. The van der Waals surface area contributed by atoms with Gasteiger partial charge in [-0.25, -0.2) is 13.8 Å². The zero-order chi connectivity index (χ0) is 29.9. The predicted octanol–water partition coefficient (Wildman–Crippen LogP) is 1.23. The minimum Gasteiger partial charge on any atom is -0.501 e. The second-order valence-electron chi connectivity index (χ2n) is 10.7. The average molecular weight is 576 g/mol. The van der Waals surface area contributed by atoms with Crippen LogP contribution in [-0.4, -0.2) is 79.6 Å². The number of rotatable bonds is 7. The van der Waals surface area contributed by atoms with Crippen molar-refractivity contribution in [1.82, 2.24) is 19.4 Å². The number of primary amides is 1. The highest BCUT2D eigenvalue weighted by molar-refractivity contribution is 6.37. The summed E-state index contributed by atoms with van der Waals surface area (Å²) >= 11 is 0. The van der Waals surface area contributed by atoms with Crippen molar-refractivity contribution in [3.8, 4) is 5.75 Å². The van der Waals surface area contributed by atoms with E-state index < -0.39 is 52.1 Å². The maximum atomic E-state index is 13.7.